The van der Waals surface area contributed by atoms with Crippen molar-refractivity contribution in [3.8, 4) is 17.2 Å². The molecule has 8 nitrogen and oxygen atoms in total. The third-order valence-electron chi connectivity index (χ3n) is 6.69. The van der Waals surface area contributed by atoms with Crippen molar-refractivity contribution in [1.29, 1.82) is 0 Å². The normalized spacial score (nSPS) is 16.1. The van der Waals surface area contributed by atoms with Crippen LogP contribution in [-0.4, -0.2) is 48.2 Å². The standard InChI is InChI=1S/C27H33N3O5/c1-33-20-12-10-19(11-13-20)23-8-5-4-6-15-30(23)26(31)9-7-14-29-18-28-22-17-25(35-3)24(34-2)16-21(22)27(29)32/h10-13,16-18,23H,4-9,14-15H2,1-3H3/t23-/m1/s1. The van der Waals surface area contributed by atoms with Gasteiger partial charge in [-0.1, -0.05) is 25.0 Å². The largest absolute Gasteiger partial charge is 0.497 e. The van der Waals surface area contributed by atoms with Gasteiger partial charge < -0.3 is 19.1 Å². The summed E-state index contributed by atoms with van der Waals surface area (Å²) >= 11 is 0. The number of nitrogens with zero attached hydrogens (tertiary/aromatic N) is 3. The van der Waals surface area contributed by atoms with Crippen molar-refractivity contribution < 1.29 is 19.0 Å². The van der Waals surface area contributed by atoms with Gasteiger partial charge in [-0.2, -0.15) is 0 Å². The molecule has 4 rings (SSSR count). The minimum Gasteiger partial charge on any atom is -0.497 e. The number of ether oxygens (including phenoxy) is 3. The SMILES string of the molecule is COc1ccc([C@H]2CCCCCN2C(=O)CCCn2cnc3cc(OC)c(OC)cc3c2=O)cc1. The van der Waals surface area contributed by atoms with E-state index in [0.717, 1.165) is 43.5 Å². The fraction of sp³-hybridized carbons (Fsp3) is 0.444. The first-order valence-electron chi connectivity index (χ1n) is 12.1. The number of rotatable bonds is 8. The Kier molecular flexibility index (Phi) is 7.90. The average Bonchev–Trinajstić information content (AvgIpc) is 3.15. The highest BCUT2D eigenvalue weighted by Gasteiger charge is 2.26. The van der Waals surface area contributed by atoms with Crippen LogP contribution >= 0.6 is 0 Å². The van der Waals surface area contributed by atoms with Crippen LogP contribution in [0, 0.1) is 0 Å². The van der Waals surface area contributed by atoms with E-state index >= 15 is 0 Å². The second kappa shape index (κ2) is 11.3. The molecule has 1 aromatic heterocycles. The van der Waals surface area contributed by atoms with Crippen molar-refractivity contribution in [1.82, 2.24) is 14.5 Å². The molecule has 3 aromatic rings. The van der Waals surface area contributed by atoms with E-state index in [4.69, 9.17) is 14.2 Å². The molecule has 0 bridgehead atoms. The van der Waals surface area contributed by atoms with Gasteiger partial charge in [-0.25, -0.2) is 4.98 Å². The van der Waals surface area contributed by atoms with E-state index in [2.05, 4.69) is 17.1 Å². The Balaban J connectivity index is 1.46. The van der Waals surface area contributed by atoms with E-state index in [1.807, 2.05) is 17.0 Å². The summed E-state index contributed by atoms with van der Waals surface area (Å²) in [6, 6.07) is 11.4. The molecule has 0 N–H and O–H groups in total. The molecule has 186 valence electrons. The molecule has 1 atom stereocenters. The van der Waals surface area contributed by atoms with Gasteiger partial charge in [0.2, 0.25) is 5.91 Å². The van der Waals surface area contributed by atoms with Crippen molar-refractivity contribution in [3.05, 3.63) is 58.6 Å². The van der Waals surface area contributed by atoms with Crippen LogP contribution in [0.2, 0.25) is 0 Å². The van der Waals surface area contributed by atoms with Gasteiger partial charge in [0.1, 0.15) is 5.75 Å². The number of carbonyl (C=O) groups excluding carboxylic acids is 1. The fourth-order valence-corrected chi connectivity index (χ4v) is 4.77. The molecule has 1 fully saturated rings. The molecule has 0 saturated carbocycles. The average molecular weight is 480 g/mol. The lowest BCUT2D eigenvalue weighted by atomic mass is 10.00. The fourth-order valence-electron chi connectivity index (χ4n) is 4.77. The quantitative estimate of drug-likeness (QED) is 0.478. The number of amides is 1. The first kappa shape index (κ1) is 24.6. The molecular weight excluding hydrogens is 446 g/mol. The number of likely N-dealkylation sites (tertiary alicyclic amines) is 1. The molecule has 2 aromatic carbocycles. The van der Waals surface area contributed by atoms with Gasteiger partial charge in [-0.3, -0.25) is 14.2 Å². The lowest BCUT2D eigenvalue weighted by Crippen LogP contribution is -2.35. The Morgan fingerprint density at radius 3 is 2.46 bits per heavy atom. The van der Waals surface area contributed by atoms with Gasteiger partial charge in [-0.15, -0.1) is 0 Å². The predicted molar refractivity (Wildman–Crippen MR) is 134 cm³/mol. The van der Waals surface area contributed by atoms with E-state index in [1.54, 1.807) is 30.9 Å². The summed E-state index contributed by atoms with van der Waals surface area (Å²) in [5.74, 6) is 1.95. The number of methoxy groups -OCH3 is 3. The van der Waals surface area contributed by atoms with Gasteiger partial charge in [-0.05, 0) is 43.0 Å². The zero-order valence-electron chi connectivity index (χ0n) is 20.7. The van der Waals surface area contributed by atoms with Crippen molar-refractivity contribution in [3.63, 3.8) is 0 Å². The third kappa shape index (κ3) is 5.42. The maximum absolute atomic E-state index is 13.3. The van der Waals surface area contributed by atoms with Crippen molar-refractivity contribution >= 4 is 16.8 Å². The highest BCUT2D eigenvalue weighted by atomic mass is 16.5. The molecule has 1 aliphatic rings. The molecule has 1 amide bonds. The highest BCUT2D eigenvalue weighted by molar-refractivity contribution is 5.81. The number of carbonyl (C=O) groups is 1. The third-order valence-corrected chi connectivity index (χ3v) is 6.69. The number of hydrogen-bond donors (Lipinski definition) is 0. The van der Waals surface area contributed by atoms with Crippen LogP contribution in [0.3, 0.4) is 0 Å². The Morgan fingerprint density at radius 2 is 1.74 bits per heavy atom. The first-order chi connectivity index (χ1) is 17.0. The lowest BCUT2D eigenvalue weighted by molar-refractivity contribution is -0.133. The van der Waals surface area contributed by atoms with E-state index < -0.39 is 0 Å². The number of benzene rings is 2. The van der Waals surface area contributed by atoms with E-state index in [-0.39, 0.29) is 17.5 Å². The summed E-state index contributed by atoms with van der Waals surface area (Å²) in [5, 5.41) is 0.462. The minimum absolute atomic E-state index is 0.0726. The molecule has 1 aliphatic heterocycles. The van der Waals surface area contributed by atoms with Gasteiger partial charge in [0.15, 0.2) is 11.5 Å². The lowest BCUT2D eigenvalue weighted by Gasteiger charge is -2.31. The topological polar surface area (TPSA) is 82.9 Å². The van der Waals surface area contributed by atoms with Gasteiger partial charge in [0.25, 0.3) is 5.56 Å². The van der Waals surface area contributed by atoms with E-state index in [9.17, 15) is 9.59 Å². The van der Waals surface area contributed by atoms with Crippen LogP contribution in [0.4, 0.5) is 0 Å². The number of aromatic nitrogens is 2. The van der Waals surface area contributed by atoms with Crippen molar-refractivity contribution in [2.24, 2.45) is 0 Å². The molecule has 0 unspecified atom stereocenters. The highest BCUT2D eigenvalue weighted by Crippen LogP contribution is 2.32. The van der Waals surface area contributed by atoms with Gasteiger partial charge in [0.05, 0.1) is 44.6 Å². The van der Waals surface area contributed by atoms with Crippen LogP contribution in [0.25, 0.3) is 10.9 Å². The summed E-state index contributed by atoms with van der Waals surface area (Å²) in [6.45, 7) is 1.18. The van der Waals surface area contributed by atoms with Crippen LogP contribution in [0.5, 0.6) is 17.2 Å². The number of aryl methyl sites for hydroxylation is 1. The van der Waals surface area contributed by atoms with Crippen LogP contribution in [-0.2, 0) is 11.3 Å². The Labute approximate surface area is 205 Å². The van der Waals surface area contributed by atoms with Crippen molar-refractivity contribution in [2.45, 2.75) is 51.1 Å². The van der Waals surface area contributed by atoms with Crippen LogP contribution < -0.4 is 19.8 Å². The zero-order chi connectivity index (χ0) is 24.8. The summed E-state index contributed by atoms with van der Waals surface area (Å²) in [5.41, 5.74) is 1.53. The zero-order valence-corrected chi connectivity index (χ0v) is 20.7. The Morgan fingerprint density at radius 1 is 1.00 bits per heavy atom. The van der Waals surface area contributed by atoms with Crippen LogP contribution in [0.1, 0.15) is 50.1 Å². The Bertz CT molecular complexity index is 1220. The molecule has 0 spiro atoms. The minimum atomic E-state index is -0.158. The maximum atomic E-state index is 13.3. The van der Waals surface area contributed by atoms with Crippen LogP contribution in [0.15, 0.2) is 47.5 Å². The van der Waals surface area contributed by atoms with E-state index in [0.29, 0.717) is 41.8 Å². The summed E-state index contributed by atoms with van der Waals surface area (Å²) in [6.07, 6.45) is 6.67. The monoisotopic (exact) mass is 479 g/mol. The first-order valence-corrected chi connectivity index (χ1v) is 12.1. The maximum Gasteiger partial charge on any atom is 0.261 e. The molecule has 8 heteroatoms. The number of fused-ring (bicyclic) bond motifs is 1. The second-order valence-electron chi connectivity index (χ2n) is 8.80. The molecule has 2 heterocycles. The Hall–Kier alpha value is -3.55. The summed E-state index contributed by atoms with van der Waals surface area (Å²) in [4.78, 5) is 32.7. The summed E-state index contributed by atoms with van der Waals surface area (Å²) < 4.78 is 17.5. The number of hydrogen-bond acceptors (Lipinski definition) is 6. The van der Waals surface area contributed by atoms with E-state index in [1.165, 1.54) is 13.4 Å². The molecule has 0 aliphatic carbocycles. The smallest absolute Gasteiger partial charge is 0.261 e. The predicted octanol–water partition coefficient (Wildman–Crippen LogP) is 4.35. The summed E-state index contributed by atoms with van der Waals surface area (Å²) in [7, 11) is 4.73. The van der Waals surface area contributed by atoms with Gasteiger partial charge in [0, 0.05) is 25.6 Å². The van der Waals surface area contributed by atoms with Crippen molar-refractivity contribution in [2.75, 3.05) is 27.9 Å². The molecule has 0 radical (unpaired) electrons. The molecule has 1 saturated heterocycles. The van der Waals surface area contributed by atoms with Gasteiger partial charge >= 0.3 is 0 Å². The molecular formula is C27H33N3O5. The second-order valence-corrected chi connectivity index (χ2v) is 8.80. The molecule has 35 heavy (non-hydrogen) atoms.